The summed E-state index contributed by atoms with van der Waals surface area (Å²) in [7, 11) is 2.54. The monoisotopic (exact) mass is 393 g/mol. The molecular formula is C17H13F6NO3. The summed E-state index contributed by atoms with van der Waals surface area (Å²) in [5, 5.41) is 2.03. The molecule has 0 aliphatic heterocycles. The first-order chi connectivity index (χ1) is 12.5. The number of hydrogen-bond donors (Lipinski definition) is 1. The van der Waals surface area contributed by atoms with E-state index >= 15 is 0 Å². The number of carbonyl (C=O) groups is 1. The fourth-order valence-electron chi connectivity index (χ4n) is 2.29. The highest BCUT2D eigenvalue weighted by atomic mass is 19.4. The maximum Gasteiger partial charge on any atom is 0.416 e. The highest BCUT2D eigenvalue weighted by Gasteiger charge is 2.37. The molecule has 0 aliphatic rings. The number of para-hydroxylation sites is 1. The summed E-state index contributed by atoms with van der Waals surface area (Å²) in [6.45, 7) is 0. The molecule has 2 aromatic rings. The van der Waals surface area contributed by atoms with Gasteiger partial charge in [0, 0.05) is 5.69 Å². The number of benzene rings is 2. The van der Waals surface area contributed by atoms with E-state index in [1.165, 1.54) is 32.4 Å². The van der Waals surface area contributed by atoms with Crippen molar-refractivity contribution in [2.45, 2.75) is 12.4 Å². The van der Waals surface area contributed by atoms with E-state index in [2.05, 4.69) is 0 Å². The third-order valence-electron chi connectivity index (χ3n) is 3.49. The normalized spacial score (nSPS) is 11.9. The number of anilines is 1. The minimum Gasteiger partial charge on any atom is -0.493 e. The van der Waals surface area contributed by atoms with Crippen LogP contribution in [0, 0.1) is 0 Å². The van der Waals surface area contributed by atoms with Gasteiger partial charge in [0.05, 0.1) is 30.9 Å². The standard InChI is InChI=1S/C17H13F6NO3/c1-26-13-5-3-4-12(14(13)27-2)15(25)24-11-7-9(16(18,19)20)6-10(8-11)17(21,22)23/h3-8H,1-2H3,(H,24,25). The lowest BCUT2D eigenvalue weighted by molar-refractivity contribution is -0.143. The molecule has 0 heterocycles. The van der Waals surface area contributed by atoms with Gasteiger partial charge in [-0.3, -0.25) is 4.79 Å². The number of methoxy groups -OCH3 is 2. The number of carbonyl (C=O) groups excluding carboxylic acids is 1. The minimum atomic E-state index is -5.02. The number of ether oxygens (including phenoxy) is 2. The van der Waals surface area contributed by atoms with Crippen LogP contribution in [0.4, 0.5) is 32.0 Å². The number of nitrogens with one attached hydrogen (secondary N) is 1. The predicted molar refractivity (Wildman–Crippen MR) is 83.9 cm³/mol. The van der Waals surface area contributed by atoms with Crippen LogP contribution in [0.5, 0.6) is 11.5 Å². The Labute approximate surface area is 149 Å². The summed E-state index contributed by atoms with van der Waals surface area (Å²) in [4.78, 5) is 12.4. The van der Waals surface area contributed by atoms with E-state index in [1.807, 2.05) is 5.32 Å². The van der Waals surface area contributed by atoms with E-state index in [0.717, 1.165) is 0 Å². The molecule has 146 valence electrons. The molecule has 0 saturated heterocycles. The van der Waals surface area contributed by atoms with Gasteiger partial charge in [-0.1, -0.05) is 6.07 Å². The van der Waals surface area contributed by atoms with Crippen molar-refractivity contribution < 1.29 is 40.6 Å². The Morgan fingerprint density at radius 2 is 1.44 bits per heavy atom. The first-order valence-corrected chi connectivity index (χ1v) is 7.29. The van der Waals surface area contributed by atoms with Gasteiger partial charge in [0.15, 0.2) is 11.5 Å². The minimum absolute atomic E-state index is 0.0134. The summed E-state index contributed by atoms with van der Waals surface area (Å²) < 4.78 is 87.4. The molecule has 0 aromatic heterocycles. The first kappa shape index (κ1) is 20.4. The van der Waals surface area contributed by atoms with Crippen molar-refractivity contribution in [3.63, 3.8) is 0 Å². The third-order valence-corrected chi connectivity index (χ3v) is 3.49. The van der Waals surface area contributed by atoms with Crippen LogP contribution >= 0.6 is 0 Å². The Morgan fingerprint density at radius 1 is 0.889 bits per heavy atom. The van der Waals surface area contributed by atoms with Gasteiger partial charge in [-0.25, -0.2) is 0 Å². The zero-order valence-corrected chi connectivity index (χ0v) is 14.0. The van der Waals surface area contributed by atoms with Crippen LogP contribution in [-0.2, 0) is 12.4 Å². The van der Waals surface area contributed by atoms with Crippen LogP contribution in [0.25, 0.3) is 0 Å². The Morgan fingerprint density at radius 3 is 1.89 bits per heavy atom. The van der Waals surface area contributed by atoms with Gasteiger partial charge >= 0.3 is 12.4 Å². The highest BCUT2D eigenvalue weighted by molar-refractivity contribution is 6.06. The summed E-state index contributed by atoms with van der Waals surface area (Å²) in [5.74, 6) is -0.802. The van der Waals surface area contributed by atoms with Gasteiger partial charge in [-0.2, -0.15) is 26.3 Å². The van der Waals surface area contributed by atoms with Crippen LogP contribution in [0.1, 0.15) is 21.5 Å². The molecule has 0 radical (unpaired) electrons. The van der Waals surface area contributed by atoms with Gasteiger partial charge in [-0.05, 0) is 30.3 Å². The molecule has 1 N–H and O–H groups in total. The van der Waals surface area contributed by atoms with E-state index in [1.54, 1.807) is 0 Å². The maximum atomic E-state index is 12.9. The van der Waals surface area contributed by atoms with Crippen molar-refractivity contribution in [2.75, 3.05) is 19.5 Å². The Kier molecular flexibility index (Phi) is 5.57. The predicted octanol–water partition coefficient (Wildman–Crippen LogP) is 4.99. The van der Waals surface area contributed by atoms with Crippen molar-refractivity contribution in [1.82, 2.24) is 0 Å². The zero-order valence-electron chi connectivity index (χ0n) is 14.0. The smallest absolute Gasteiger partial charge is 0.416 e. The highest BCUT2D eigenvalue weighted by Crippen LogP contribution is 2.38. The molecule has 0 atom stereocenters. The van der Waals surface area contributed by atoms with Gasteiger partial charge in [0.1, 0.15) is 0 Å². The second kappa shape index (κ2) is 7.37. The Bertz CT molecular complexity index is 813. The lowest BCUT2D eigenvalue weighted by atomic mass is 10.1. The SMILES string of the molecule is COc1cccc(C(=O)Nc2cc(C(F)(F)F)cc(C(F)(F)F)c2)c1OC. The molecule has 0 saturated carbocycles. The molecule has 0 spiro atoms. The van der Waals surface area contributed by atoms with Gasteiger partial charge in [0.25, 0.3) is 5.91 Å². The number of hydrogen-bond acceptors (Lipinski definition) is 3. The van der Waals surface area contributed by atoms with Crippen molar-refractivity contribution in [3.8, 4) is 11.5 Å². The summed E-state index contributed by atoms with van der Waals surface area (Å²) in [6, 6.07) is 4.99. The number of halogens is 6. The molecule has 0 aliphatic carbocycles. The van der Waals surface area contributed by atoms with E-state index in [-0.39, 0.29) is 23.1 Å². The number of rotatable bonds is 4. The zero-order chi connectivity index (χ0) is 20.4. The largest absolute Gasteiger partial charge is 0.493 e. The fraction of sp³-hybridized carbons (Fsp3) is 0.235. The molecule has 1 amide bonds. The molecule has 10 heteroatoms. The molecule has 27 heavy (non-hydrogen) atoms. The third kappa shape index (κ3) is 4.63. The summed E-state index contributed by atoms with van der Waals surface area (Å²) in [5.41, 5.74) is -3.86. The van der Waals surface area contributed by atoms with E-state index in [4.69, 9.17) is 9.47 Å². The number of alkyl halides is 6. The Hall–Kier alpha value is -2.91. The van der Waals surface area contributed by atoms with E-state index in [0.29, 0.717) is 12.1 Å². The lowest BCUT2D eigenvalue weighted by Gasteiger charge is -2.16. The molecule has 0 bridgehead atoms. The van der Waals surface area contributed by atoms with Crippen molar-refractivity contribution >= 4 is 11.6 Å². The molecule has 4 nitrogen and oxygen atoms in total. The van der Waals surface area contributed by atoms with Gasteiger partial charge < -0.3 is 14.8 Å². The average Bonchev–Trinajstić information content (AvgIpc) is 2.59. The van der Waals surface area contributed by atoms with Crippen molar-refractivity contribution in [3.05, 3.63) is 53.1 Å². The quantitative estimate of drug-likeness (QED) is 0.745. The topological polar surface area (TPSA) is 47.6 Å². The number of amides is 1. The van der Waals surface area contributed by atoms with Crippen molar-refractivity contribution in [1.29, 1.82) is 0 Å². The Balaban J connectivity index is 2.47. The molecule has 0 unspecified atom stereocenters. The van der Waals surface area contributed by atoms with Crippen LogP contribution in [0.2, 0.25) is 0 Å². The molecule has 0 fully saturated rings. The van der Waals surface area contributed by atoms with Crippen LogP contribution in [0.15, 0.2) is 36.4 Å². The van der Waals surface area contributed by atoms with Crippen molar-refractivity contribution in [2.24, 2.45) is 0 Å². The average molecular weight is 393 g/mol. The van der Waals surface area contributed by atoms with Gasteiger partial charge in [-0.15, -0.1) is 0 Å². The van der Waals surface area contributed by atoms with Crippen LogP contribution in [-0.4, -0.2) is 20.1 Å². The second-order valence-corrected chi connectivity index (χ2v) is 5.29. The van der Waals surface area contributed by atoms with E-state index in [9.17, 15) is 31.1 Å². The fourth-order valence-corrected chi connectivity index (χ4v) is 2.29. The van der Waals surface area contributed by atoms with Gasteiger partial charge in [0.2, 0.25) is 0 Å². The lowest BCUT2D eigenvalue weighted by Crippen LogP contribution is -2.16. The van der Waals surface area contributed by atoms with Crippen LogP contribution in [0.3, 0.4) is 0 Å². The first-order valence-electron chi connectivity index (χ1n) is 7.29. The maximum absolute atomic E-state index is 12.9. The second-order valence-electron chi connectivity index (χ2n) is 5.29. The molecule has 2 aromatic carbocycles. The van der Waals surface area contributed by atoms with Crippen LogP contribution < -0.4 is 14.8 Å². The van der Waals surface area contributed by atoms with E-state index < -0.39 is 35.1 Å². The molecular weight excluding hydrogens is 380 g/mol. The summed E-state index contributed by atoms with van der Waals surface area (Å²) in [6.07, 6.45) is -10.0. The molecule has 2 rings (SSSR count). The summed E-state index contributed by atoms with van der Waals surface area (Å²) >= 11 is 0.